The summed E-state index contributed by atoms with van der Waals surface area (Å²) in [6.07, 6.45) is 11.8. The zero-order valence-electron chi connectivity index (χ0n) is 11.5. The first-order valence-corrected chi connectivity index (χ1v) is 6.70. The molecule has 1 fully saturated rings. The van der Waals surface area contributed by atoms with Crippen molar-refractivity contribution >= 4 is 6.34 Å². The molecule has 98 valence electrons. The Balaban J connectivity index is 2.28. The molecule has 1 saturated carbocycles. The van der Waals surface area contributed by atoms with Gasteiger partial charge < -0.3 is 10.6 Å². The average Bonchev–Trinajstić information content (AvgIpc) is 2.34. The molecule has 1 atom stereocenters. The molecule has 0 amide bonds. The lowest BCUT2D eigenvalue weighted by Crippen LogP contribution is -2.33. The summed E-state index contributed by atoms with van der Waals surface area (Å²) in [5.74, 6) is 1.65. The molecule has 1 unspecified atom stereocenters. The predicted molar refractivity (Wildman–Crippen MR) is 75.0 cm³/mol. The first kappa shape index (κ1) is 14.2. The second-order valence-electron chi connectivity index (χ2n) is 5.43. The Kier molecular flexibility index (Phi) is 6.27. The van der Waals surface area contributed by atoms with Gasteiger partial charge in [-0.2, -0.15) is 0 Å². The molecule has 0 aromatic carbocycles. The maximum atomic E-state index is 5.18. The molecule has 1 aliphatic carbocycles. The molecule has 0 heterocycles. The maximum absolute atomic E-state index is 5.18. The molecule has 1 rings (SSSR count). The van der Waals surface area contributed by atoms with Gasteiger partial charge >= 0.3 is 0 Å². The Labute approximate surface area is 106 Å². The van der Waals surface area contributed by atoms with Gasteiger partial charge in [0, 0.05) is 12.2 Å². The van der Waals surface area contributed by atoms with Gasteiger partial charge in [0.2, 0.25) is 0 Å². The Bertz CT molecular complexity index is 250. The Morgan fingerprint density at radius 3 is 2.47 bits per heavy atom. The molecule has 0 aliphatic heterocycles. The fraction of sp³-hybridized carbons (Fsp3) is 0.786. The van der Waals surface area contributed by atoms with Crippen LogP contribution in [-0.2, 0) is 0 Å². The lowest BCUT2D eigenvalue weighted by Gasteiger charge is -2.35. The number of allylic oxidation sites excluding steroid dienone is 1. The molecule has 0 saturated heterocycles. The lowest BCUT2D eigenvalue weighted by molar-refractivity contribution is 0.165. The summed E-state index contributed by atoms with van der Waals surface area (Å²) in [4.78, 5) is 6.26. The number of nitrogens with zero attached hydrogens (tertiary/aromatic N) is 2. The highest BCUT2D eigenvalue weighted by Crippen LogP contribution is 2.33. The fourth-order valence-corrected chi connectivity index (χ4v) is 2.77. The molecule has 0 aromatic heterocycles. The maximum Gasteiger partial charge on any atom is 0.0852 e. The minimum atomic E-state index is 0.766. The van der Waals surface area contributed by atoms with Gasteiger partial charge in [-0.25, -0.2) is 4.99 Å². The summed E-state index contributed by atoms with van der Waals surface area (Å²) in [6.45, 7) is 2.36. The van der Waals surface area contributed by atoms with Gasteiger partial charge in [0.05, 0.1) is 6.34 Å². The Morgan fingerprint density at radius 2 is 1.94 bits per heavy atom. The van der Waals surface area contributed by atoms with Crippen molar-refractivity contribution in [2.45, 2.75) is 45.1 Å². The van der Waals surface area contributed by atoms with Crippen LogP contribution >= 0.6 is 0 Å². The third kappa shape index (κ3) is 4.90. The van der Waals surface area contributed by atoms with Crippen molar-refractivity contribution in [1.82, 2.24) is 4.90 Å². The second kappa shape index (κ2) is 7.49. The van der Waals surface area contributed by atoms with E-state index in [4.69, 9.17) is 5.73 Å². The third-order valence-corrected chi connectivity index (χ3v) is 4.06. The molecule has 3 heteroatoms. The normalized spacial score (nSPS) is 28.2. The summed E-state index contributed by atoms with van der Waals surface area (Å²) >= 11 is 0. The number of hydrogen-bond donors (Lipinski definition) is 1. The van der Waals surface area contributed by atoms with Crippen LogP contribution in [0.15, 0.2) is 17.3 Å². The predicted octanol–water partition coefficient (Wildman–Crippen LogP) is 2.63. The monoisotopic (exact) mass is 237 g/mol. The van der Waals surface area contributed by atoms with Crippen LogP contribution in [-0.4, -0.2) is 31.4 Å². The molecule has 3 nitrogen and oxygen atoms in total. The highest BCUT2D eigenvalue weighted by molar-refractivity contribution is 5.52. The minimum Gasteiger partial charge on any atom is -0.390 e. The SMILES string of the molecule is CC(C/C=C\N=CN)C1CCC(N(C)C)CC1. The van der Waals surface area contributed by atoms with Gasteiger partial charge in [-0.1, -0.05) is 13.0 Å². The quantitative estimate of drug-likeness (QED) is 0.590. The van der Waals surface area contributed by atoms with Gasteiger partial charge in [0.25, 0.3) is 0 Å². The van der Waals surface area contributed by atoms with E-state index in [-0.39, 0.29) is 0 Å². The van der Waals surface area contributed by atoms with E-state index in [1.165, 1.54) is 32.0 Å². The zero-order valence-corrected chi connectivity index (χ0v) is 11.5. The van der Waals surface area contributed by atoms with Crippen molar-refractivity contribution in [2.24, 2.45) is 22.6 Å². The van der Waals surface area contributed by atoms with Gasteiger partial charge in [-0.15, -0.1) is 0 Å². The summed E-state index contributed by atoms with van der Waals surface area (Å²) < 4.78 is 0. The summed E-state index contributed by atoms with van der Waals surface area (Å²) in [5, 5.41) is 0. The summed E-state index contributed by atoms with van der Waals surface area (Å²) in [7, 11) is 4.39. The molecule has 0 spiro atoms. The highest BCUT2D eigenvalue weighted by Gasteiger charge is 2.25. The van der Waals surface area contributed by atoms with Gasteiger partial charge in [-0.3, -0.25) is 0 Å². The van der Waals surface area contributed by atoms with E-state index < -0.39 is 0 Å². The van der Waals surface area contributed by atoms with Crippen LogP contribution in [0.5, 0.6) is 0 Å². The van der Waals surface area contributed by atoms with Crippen molar-refractivity contribution in [1.29, 1.82) is 0 Å². The largest absolute Gasteiger partial charge is 0.390 e. The first-order valence-electron chi connectivity index (χ1n) is 6.70. The average molecular weight is 237 g/mol. The van der Waals surface area contributed by atoms with Gasteiger partial charge in [0.15, 0.2) is 0 Å². The van der Waals surface area contributed by atoms with Gasteiger partial charge in [0.1, 0.15) is 0 Å². The van der Waals surface area contributed by atoms with Crippen molar-refractivity contribution in [2.75, 3.05) is 14.1 Å². The highest BCUT2D eigenvalue weighted by atomic mass is 15.1. The number of hydrogen-bond acceptors (Lipinski definition) is 2. The molecule has 2 N–H and O–H groups in total. The van der Waals surface area contributed by atoms with Crippen LogP contribution in [0.2, 0.25) is 0 Å². The van der Waals surface area contributed by atoms with Crippen molar-refractivity contribution in [3.8, 4) is 0 Å². The van der Waals surface area contributed by atoms with Crippen molar-refractivity contribution in [3.05, 3.63) is 12.3 Å². The van der Waals surface area contributed by atoms with Crippen LogP contribution in [0, 0.1) is 11.8 Å². The summed E-state index contributed by atoms with van der Waals surface area (Å²) in [6, 6.07) is 0.802. The summed E-state index contributed by atoms with van der Waals surface area (Å²) in [5.41, 5.74) is 5.18. The van der Waals surface area contributed by atoms with Crippen LogP contribution in [0.25, 0.3) is 0 Å². The topological polar surface area (TPSA) is 41.6 Å². The standard InChI is InChI=1S/C14H27N3/c1-12(5-4-10-16-11-15)13-6-8-14(9-7-13)17(2)3/h4,10-14H,5-9H2,1-3H3,(H2,15,16)/b10-4-. The number of nitrogens with two attached hydrogens (primary N) is 1. The van der Waals surface area contributed by atoms with Crippen LogP contribution in [0.1, 0.15) is 39.0 Å². The van der Waals surface area contributed by atoms with Crippen LogP contribution in [0.3, 0.4) is 0 Å². The molecular weight excluding hydrogens is 210 g/mol. The van der Waals surface area contributed by atoms with E-state index in [2.05, 4.69) is 37.0 Å². The third-order valence-electron chi connectivity index (χ3n) is 4.06. The minimum absolute atomic E-state index is 0.766. The van der Waals surface area contributed by atoms with E-state index in [1.54, 1.807) is 0 Å². The van der Waals surface area contributed by atoms with E-state index in [0.717, 1.165) is 24.3 Å². The first-order chi connectivity index (χ1) is 8.15. The Hall–Kier alpha value is -0.830. The zero-order chi connectivity index (χ0) is 12.7. The lowest BCUT2D eigenvalue weighted by atomic mass is 9.77. The second-order valence-corrected chi connectivity index (χ2v) is 5.43. The fourth-order valence-electron chi connectivity index (χ4n) is 2.77. The molecule has 1 aliphatic rings. The number of rotatable bonds is 5. The van der Waals surface area contributed by atoms with Crippen molar-refractivity contribution in [3.63, 3.8) is 0 Å². The van der Waals surface area contributed by atoms with Crippen LogP contribution < -0.4 is 5.73 Å². The Morgan fingerprint density at radius 1 is 1.29 bits per heavy atom. The van der Waals surface area contributed by atoms with Crippen molar-refractivity contribution < 1.29 is 0 Å². The van der Waals surface area contributed by atoms with Gasteiger partial charge in [-0.05, 0) is 58.0 Å². The number of aliphatic imine (C=N–C) groups is 1. The van der Waals surface area contributed by atoms with E-state index in [1.807, 2.05) is 6.20 Å². The van der Waals surface area contributed by atoms with E-state index >= 15 is 0 Å². The van der Waals surface area contributed by atoms with Crippen LogP contribution in [0.4, 0.5) is 0 Å². The van der Waals surface area contributed by atoms with E-state index in [0.29, 0.717) is 0 Å². The molecule has 17 heavy (non-hydrogen) atoms. The smallest absolute Gasteiger partial charge is 0.0852 e. The molecular formula is C14H27N3. The molecule has 0 aromatic rings. The molecule has 0 bridgehead atoms. The van der Waals surface area contributed by atoms with E-state index in [9.17, 15) is 0 Å². The molecule has 0 radical (unpaired) electrons.